The zero-order valence-corrected chi connectivity index (χ0v) is 8.95. The van der Waals surface area contributed by atoms with Crippen LogP contribution in [0.25, 0.3) is 0 Å². The Hall–Kier alpha value is -1.06. The molecule has 0 saturated carbocycles. The van der Waals surface area contributed by atoms with Crippen LogP contribution in [-0.4, -0.2) is 13.1 Å². The van der Waals surface area contributed by atoms with Crippen LogP contribution in [0.1, 0.15) is 24.4 Å². The van der Waals surface area contributed by atoms with Gasteiger partial charge in [-0.1, -0.05) is 12.1 Å². The molecular formula is C12H19N3. The molecule has 1 aromatic rings. The Morgan fingerprint density at radius 2 is 2.20 bits per heavy atom. The van der Waals surface area contributed by atoms with Crippen molar-refractivity contribution >= 4 is 5.69 Å². The molecule has 1 fully saturated rings. The molecule has 3 heteroatoms. The van der Waals surface area contributed by atoms with Crippen molar-refractivity contribution in [2.75, 3.05) is 18.8 Å². The molecule has 3 nitrogen and oxygen atoms in total. The first-order valence-corrected chi connectivity index (χ1v) is 5.58. The van der Waals surface area contributed by atoms with E-state index in [1.807, 2.05) is 12.1 Å². The average molecular weight is 205 g/mol. The van der Waals surface area contributed by atoms with Crippen LogP contribution in [0.4, 0.5) is 5.69 Å². The summed E-state index contributed by atoms with van der Waals surface area (Å²) in [6.45, 7) is 1.81. The minimum Gasteiger partial charge on any atom is -0.399 e. The second kappa shape index (κ2) is 4.64. The van der Waals surface area contributed by atoms with Gasteiger partial charge < -0.3 is 16.8 Å². The number of piperidine rings is 1. The van der Waals surface area contributed by atoms with Gasteiger partial charge >= 0.3 is 0 Å². The molecule has 1 aliphatic rings. The third kappa shape index (κ3) is 2.49. The summed E-state index contributed by atoms with van der Waals surface area (Å²) < 4.78 is 0. The Morgan fingerprint density at radius 1 is 1.33 bits per heavy atom. The first-order chi connectivity index (χ1) is 7.29. The fraction of sp³-hybridized carbons (Fsp3) is 0.500. The summed E-state index contributed by atoms with van der Waals surface area (Å²) in [5, 5.41) is 3.53. The Morgan fingerprint density at radius 3 is 2.80 bits per heavy atom. The zero-order valence-electron chi connectivity index (χ0n) is 8.95. The van der Waals surface area contributed by atoms with Crippen molar-refractivity contribution in [3.63, 3.8) is 0 Å². The Labute approximate surface area is 90.8 Å². The Bertz CT molecular complexity index is 316. The van der Waals surface area contributed by atoms with E-state index >= 15 is 0 Å². The van der Waals surface area contributed by atoms with Gasteiger partial charge in [-0.15, -0.1) is 0 Å². The second-order valence-electron chi connectivity index (χ2n) is 4.31. The molecule has 1 heterocycles. The molecule has 0 aromatic heterocycles. The van der Waals surface area contributed by atoms with E-state index in [2.05, 4.69) is 17.4 Å². The highest BCUT2D eigenvalue weighted by atomic mass is 14.9. The van der Waals surface area contributed by atoms with Gasteiger partial charge in [0, 0.05) is 11.7 Å². The lowest BCUT2D eigenvalue weighted by Gasteiger charge is -2.29. The highest BCUT2D eigenvalue weighted by Gasteiger charge is 2.20. The van der Waals surface area contributed by atoms with Crippen LogP contribution < -0.4 is 16.8 Å². The summed E-state index contributed by atoms with van der Waals surface area (Å²) >= 11 is 0. The lowest BCUT2D eigenvalue weighted by Crippen LogP contribution is -2.36. The van der Waals surface area contributed by atoms with Crippen LogP contribution in [0.3, 0.4) is 0 Å². The summed E-state index contributed by atoms with van der Waals surface area (Å²) in [6, 6.07) is 8.59. The average Bonchev–Trinajstić information content (AvgIpc) is 2.29. The topological polar surface area (TPSA) is 64.1 Å². The highest BCUT2D eigenvalue weighted by Crippen LogP contribution is 2.26. The van der Waals surface area contributed by atoms with Crippen molar-refractivity contribution in [2.24, 2.45) is 11.7 Å². The molecule has 0 radical (unpaired) electrons. The number of benzene rings is 1. The molecule has 5 N–H and O–H groups in total. The SMILES string of the molecule is NCC1CCC(c2cccc(N)c2)NC1. The lowest BCUT2D eigenvalue weighted by atomic mass is 9.91. The van der Waals surface area contributed by atoms with Crippen molar-refractivity contribution < 1.29 is 0 Å². The maximum Gasteiger partial charge on any atom is 0.0321 e. The smallest absolute Gasteiger partial charge is 0.0321 e. The van der Waals surface area contributed by atoms with E-state index in [1.54, 1.807) is 0 Å². The van der Waals surface area contributed by atoms with Crippen LogP contribution >= 0.6 is 0 Å². The van der Waals surface area contributed by atoms with Gasteiger partial charge in [0.1, 0.15) is 0 Å². The summed E-state index contributed by atoms with van der Waals surface area (Å²) in [5.74, 6) is 0.641. The van der Waals surface area contributed by atoms with E-state index in [9.17, 15) is 0 Å². The van der Waals surface area contributed by atoms with Crippen LogP contribution in [0, 0.1) is 5.92 Å². The van der Waals surface area contributed by atoms with Crippen molar-refractivity contribution in [1.82, 2.24) is 5.32 Å². The molecular weight excluding hydrogens is 186 g/mol. The van der Waals surface area contributed by atoms with E-state index in [-0.39, 0.29) is 0 Å². The number of hydrogen-bond acceptors (Lipinski definition) is 3. The number of nitrogens with two attached hydrogens (primary N) is 2. The molecule has 1 aromatic carbocycles. The van der Waals surface area contributed by atoms with Crippen molar-refractivity contribution in [3.05, 3.63) is 29.8 Å². The van der Waals surface area contributed by atoms with E-state index in [0.717, 1.165) is 25.2 Å². The predicted molar refractivity (Wildman–Crippen MR) is 63.4 cm³/mol. The summed E-state index contributed by atoms with van der Waals surface area (Å²) in [5.41, 5.74) is 13.6. The molecule has 2 rings (SSSR count). The third-order valence-corrected chi connectivity index (χ3v) is 3.16. The lowest BCUT2D eigenvalue weighted by molar-refractivity contribution is 0.320. The van der Waals surface area contributed by atoms with E-state index in [0.29, 0.717) is 12.0 Å². The Kier molecular flexibility index (Phi) is 3.23. The monoisotopic (exact) mass is 205 g/mol. The molecule has 0 amide bonds. The normalized spacial score (nSPS) is 26.5. The summed E-state index contributed by atoms with van der Waals surface area (Å²) in [7, 11) is 0. The number of anilines is 1. The number of nitrogen functional groups attached to an aromatic ring is 1. The second-order valence-corrected chi connectivity index (χ2v) is 4.31. The van der Waals surface area contributed by atoms with E-state index < -0.39 is 0 Å². The molecule has 2 unspecified atom stereocenters. The van der Waals surface area contributed by atoms with Gasteiger partial charge in [0.2, 0.25) is 0 Å². The zero-order chi connectivity index (χ0) is 10.7. The van der Waals surface area contributed by atoms with Crippen molar-refractivity contribution in [1.29, 1.82) is 0 Å². The van der Waals surface area contributed by atoms with E-state index in [1.165, 1.54) is 12.0 Å². The minimum absolute atomic E-state index is 0.455. The first-order valence-electron chi connectivity index (χ1n) is 5.58. The van der Waals surface area contributed by atoms with Gasteiger partial charge in [-0.05, 0) is 49.5 Å². The van der Waals surface area contributed by atoms with Crippen molar-refractivity contribution in [2.45, 2.75) is 18.9 Å². The van der Waals surface area contributed by atoms with Gasteiger partial charge in [0.05, 0.1) is 0 Å². The fourth-order valence-electron chi connectivity index (χ4n) is 2.18. The van der Waals surface area contributed by atoms with Gasteiger partial charge in [-0.3, -0.25) is 0 Å². The number of nitrogens with one attached hydrogen (secondary N) is 1. The Balaban J connectivity index is 2.01. The fourth-order valence-corrected chi connectivity index (χ4v) is 2.18. The van der Waals surface area contributed by atoms with Crippen LogP contribution in [0.15, 0.2) is 24.3 Å². The quantitative estimate of drug-likeness (QED) is 0.637. The van der Waals surface area contributed by atoms with Gasteiger partial charge in [-0.2, -0.15) is 0 Å². The minimum atomic E-state index is 0.455. The largest absolute Gasteiger partial charge is 0.399 e. The molecule has 82 valence electrons. The van der Waals surface area contributed by atoms with Crippen LogP contribution in [-0.2, 0) is 0 Å². The predicted octanol–water partition coefficient (Wildman–Crippen LogP) is 1.27. The molecule has 1 aliphatic heterocycles. The van der Waals surface area contributed by atoms with Crippen molar-refractivity contribution in [3.8, 4) is 0 Å². The summed E-state index contributed by atoms with van der Waals surface area (Å²) in [6.07, 6.45) is 2.37. The summed E-state index contributed by atoms with van der Waals surface area (Å²) in [4.78, 5) is 0. The van der Waals surface area contributed by atoms with Gasteiger partial charge in [0.25, 0.3) is 0 Å². The molecule has 15 heavy (non-hydrogen) atoms. The van der Waals surface area contributed by atoms with Crippen LogP contribution in [0.2, 0.25) is 0 Å². The number of hydrogen-bond donors (Lipinski definition) is 3. The van der Waals surface area contributed by atoms with E-state index in [4.69, 9.17) is 11.5 Å². The maximum atomic E-state index is 5.77. The standard InChI is InChI=1S/C12H19N3/c13-7-9-4-5-12(15-8-9)10-2-1-3-11(14)6-10/h1-3,6,9,12,15H,4-5,7-8,13-14H2. The van der Waals surface area contributed by atoms with Gasteiger partial charge in [-0.25, -0.2) is 0 Å². The molecule has 0 bridgehead atoms. The molecule has 0 aliphatic carbocycles. The molecule has 1 saturated heterocycles. The molecule has 2 atom stereocenters. The first kappa shape index (κ1) is 10.5. The van der Waals surface area contributed by atoms with Crippen LogP contribution in [0.5, 0.6) is 0 Å². The third-order valence-electron chi connectivity index (χ3n) is 3.16. The van der Waals surface area contributed by atoms with Gasteiger partial charge in [0.15, 0.2) is 0 Å². The molecule has 0 spiro atoms. The highest BCUT2D eigenvalue weighted by molar-refractivity contribution is 5.41. The maximum absolute atomic E-state index is 5.77. The number of rotatable bonds is 2.